The summed E-state index contributed by atoms with van der Waals surface area (Å²) in [5.74, 6) is 0.582. The maximum Gasteiger partial charge on any atom is 0.389 e. The van der Waals surface area contributed by atoms with Gasteiger partial charge in [0.05, 0.1) is 6.04 Å². The van der Waals surface area contributed by atoms with Crippen molar-refractivity contribution in [1.29, 1.82) is 0 Å². The Balaban J connectivity index is 2.49. The quantitative estimate of drug-likeness (QED) is 0.832. The molecule has 0 aliphatic carbocycles. The minimum Gasteiger partial charge on any atom is -0.448 e. The predicted molar refractivity (Wildman–Crippen MR) is 60.0 cm³/mol. The van der Waals surface area contributed by atoms with E-state index in [1.807, 2.05) is 6.92 Å². The maximum atomic E-state index is 12.0. The monoisotopic (exact) mass is 269 g/mol. The van der Waals surface area contributed by atoms with Crippen LogP contribution in [0.2, 0.25) is 5.22 Å². The summed E-state index contributed by atoms with van der Waals surface area (Å²) in [6, 6.07) is 3.06. The van der Waals surface area contributed by atoms with Crippen molar-refractivity contribution < 1.29 is 17.6 Å². The summed E-state index contributed by atoms with van der Waals surface area (Å²) in [6.45, 7) is 2.55. The minimum atomic E-state index is -4.10. The van der Waals surface area contributed by atoms with Gasteiger partial charge in [0.1, 0.15) is 5.76 Å². The molecule has 0 amide bonds. The van der Waals surface area contributed by atoms with Gasteiger partial charge in [-0.1, -0.05) is 6.92 Å². The minimum absolute atomic E-state index is 0.0689. The largest absolute Gasteiger partial charge is 0.448 e. The van der Waals surface area contributed by atoms with Gasteiger partial charge in [-0.3, -0.25) is 0 Å². The average Bonchev–Trinajstić information content (AvgIpc) is 2.62. The molecule has 98 valence electrons. The average molecular weight is 270 g/mol. The molecule has 1 heterocycles. The number of alkyl halides is 3. The van der Waals surface area contributed by atoms with Gasteiger partial charge in [0.15, 0.2) is 5.22 Å². The van der Waals surface area contributed by atoms with Crippen LogP contribution in [0.3, 0.4) is 0 Å². The van der Waals surface area contributed by atoms with E-state index in [2.05, 4.69) is 5.32 Å². The van der Waals surface area contributed by atoms with Gasteiger partial charge in [-0.05, 0) is 43.1 Å². The van der Waals surface area contributed by atoms with Gasteiger partial charge in [0.2, 0.25) is 0 Å². The van der Waals surface area contributed by atoms with Crippen LogP contribution in [0.1, 0.15) is 38.0 Å². The van der Waals surface area contributed by atoms with Gasteiger partial charge in [-0.2, -0.15) is 13.2 Å². The Morgan fingerprint density at radius 2 is 2.12 bits per heavy atom. The standard InChI is InChI=1S/C11H15ClF3NO/c1-2-16-8(4-3-7-11(13,14)15)9-5-6-10(12)17-9/h5-6,8,16H,2-4,7H2,1H3. The first-order valence-corrected chi connectivity index (χ1v) is 5.85. The Morgan fingerprint density at radius 3 is 2.59 bits per heavy atom. The molecule has 1 rings (SSSR count). The van der Waals surface area contributed by atoms with Crippen molar-refractivity contribution >= 4 is 11.6 Å². The van der Waals surface area contributed by atoms with Crippen LogP contribution < -0.4 is 5.32 Å². The highest BCUT2D eigenvalue weighted by Gasteiger charge is 2.27. The fourth-order valence-electron chi connectivity index (χ4n) is 1.61. The molecule has 0 saturated heterocycles. The normalized spacial score (nSPS) is 13.9. The topological polar surface area (TPSA) is 25.2 Å². The van der Waals surface area contributed by atoms with E-state index in [1.54, 1.807) is 12.1 Å². The van der Waals surface area contributed by atoms with Crippen LogP contribution >= 0.6 is 11.6 Å². The zero-order valence-corrected chi connectivity index (χ0v) is 10.2. The van der Waals surface area contributed by atoms with E-state index >= 15 is 0 Å². The second-order valence-corrected chi connectivity index (χ2v) is 4.13. The first kappa shape index (κ1) is 14.4. The molecule has 0 aliphatic heterocycles. The van der Waals surface area contributed by atoms with E-state index in [9.17, 15) is 13.2 Å². The third kappa shape index (κ3) is 5.46. The summed E-state index contributed by atoms with van der Waals surface area (Å²) in [5.41, 5.74) is 0. The molecule has 1 N–H and O–H groups in total. The van der Waals surface area contributed by atoms with Crippen LogP contribution in [0.25, 0.3) is 0 Å². The SMILES string of the molecule is CCNC(CCCC(F)(F)F)c1ccc(Cl)o1. The van der Waals surface area contributed by atoms with E-state index in [0.717, 1.165) is 0 Å². The summed E-state index contributed by atoms with van der Waals surface area (Å²) in [6.07, 6.45) is -4.43. The molecule has 0 aromatic carbocycles. The van der Waals surface area contributed by atoms with E-state index < -0.39 is 12.6 Å². The lowest BCUT2D eigenvalue weighted by Gasteiger charge is -2.15. The molecule has 2 nitrogen and oxygen atoms in total. The lowest BCUT2D eigenvalue weighted by atomic mass is 10.1. The molecule has 0 radical (unpaired) electrons. The summed E-state index contributed by atoms with van der Waals surface area (Å²) in [5, 5.41) is 3.33. The Bertz CT molecular complexity index is 338. The number of nitrogens with one attached hydrogen (secondary N) is 1. The van der Waals surface area contributed by atoms with Crippen molar-refractivity contribution in [1.82, 2.24) is 5.32 Å². The van der Waals surface area contributed by atoms with Crippen LogP contribution in [0.15, 0.2) is 16.5 Å². The first-order chi connectivity index (χ1) is 7.92. The molecule has 0 aliphatic rings. The predicted octanol–water partition coefficient (Wildman–Crippen LogP) is 4.32. The summed E-state index contributed by atoms with van der Waals surface area (Å²) >= 11 is 5.64. The molecule has 0 bridgehead atoms. The molecular formula is C11H15ClF3NO. The van der Waals surface area contributed by atoms with E-state index in [0.29, 0.717) is 18.7 Å². The molecule has 0 spiro atoms. The van der Waals surface area contributed by atoms with Crippen molar-refractivity contribution in [3.8, 4) is 0 Å². The summed E-state index contributed by atoms with van der Waals surface area (Å²) < 4.78 is 41.3. The van der Waals surface area contributed by atoms with Gasteiger partial charge in [0, 0.05) is 6.42 Å². The van der Waals surface area contributed by atoms with Crippen LogP contribution in [0.4, 0.5) is 13.2 Å². The van der Waals surface area contributed by atoms with Gasteiger partial charge in [0.25, 0.3) is 0 Å². The summed E-state index contributed by atoms with van der Waals surface area (Å²) in [7, 11) is 0. The third-order valence-corrected chi connectivity index (χ3v) is 2.54. The molecule has 0 saturated carbocycles. The number of hydrogen-bond acceptors (Lipinski definition) is 2. The van der Waals surface area contributed by atoms with Crippen molar-refractivity contribution in [3.63, 3.8) is 0 Å². The van der Waals surface area contributed by atoms with Gasteiger partial charge in [-0.15, -0.1) is 0 Å². The van der Waals surface area contributed by atoms with Crippen LogP contribution in [0, 0.1) is 0 Å². The van der Waals surface area contributed by atoms with Crippen LogP contribution in [-0.4, -0.2) is 12.7 Å². The second-order valence-electron chi connectivity index (χ2n) is 3.76. The van der Waals surface area contributed by atoms with Gasteiger partial charge >= 0.3 is 6.18 Å². The lowest BCUT2D eigenvalue weighted by Crippen LogP contribution is -2.21. The van der Waals surface area contributed by atoms with Crippen molar-refractivity contribution in [2.24, 2.45) is 0 Å². The number of hydrogen-bond donors (Lipinski definition) is 1. The van der Waals surface area contributed by atoms with Crippen LogP contribution in [0.5, 0.6) is 0 Å². The number of rotatable bonds is 6. The van der Waals surface area contributed by atoms with Crippen molar-refractivity contribution in [2.75, 3.05) is 6.54 Å². The van der Waals surface area contributed by atoms with Crippen LogP contribution in [-0.2, 0) is 0 Å². The second kappa shape index (κ2) is 6.31. The van der Waals surface area contributed by atoms with E-state index in [1.165, 1.54) is 0 Å². The number of halogens is 4. The third-order valence-electron chi connectivity index (χ3n) is 2.34. The molecule has 0 fully saturated rings. The van der Waals surface area contributed by atoms with E-state index in [4.69, 9.17) is 16.0 Å². The molecule has 1 atom stereocenters. The molecule has 6 heteroatoms. The van der Waals surface area contributed by atoms with Crippen molar-refractivity contribution in [3.05, 3.63) is 23.1 Å². The zero-order valence-electron chi connectivity index (χ0n) is 9.48. The first-order valence-electron chi connectivity index (χ1n) is 5.47. The fraction of sp³-hybridized carbons (Fsp3) is 0.636. The smallest absolute Gasteiger partial charge is 0.389 e. The zero-order chi connectivity index (χ0) is 12.9. The highest BCUT2D eigenvalue weighted by atomic mass is 35.5. The number of furan rings is 1. The Kier molecular flexibility index (Phi) is 5.33. The molecule has 1 unspecified atom stereocenters. The van der Waals surface area contributed by atoms with E-state index in [-0.39, 0.29) is 17.7 Å². The molecular weight excluding hydrogens is 255 g/mol. The lowest BCUT2D eigenvalue weighted by molar-refractivity contribution is -0.135. The molecule has 1 aromatic heterocycles. The molecule has 1 aromatic rings. The summed E-state index contributed by atoms with van der Waals surface area (Å²) in [4.78, 5) is 0. The van der Waals surface area contributed by atoms with Gasteiger partial charge in [-0.25, -0.2) is 0 Å². The Hall–Kier alpha value is -0.680. The van der Waals surface area contributed by atoms with Gasteiger partial charge < -0.3 is 9.73 Å². The maximum absolute atomic E-state index is 12.0. The molecule has 17 heavy (non-hydrogen) atoms. The Labute approximate surface area is 103 Å². The highest BCUT2D eigenvalue weighted by Crippen LogP contribution is 2.28. The highest BCUT2D eigenvalue weighted by molar-refractivity contribution is 6.28. The van der Waals surface area contributed by atoms with Crippen molar-refractivity contribution in [2.45, 2.75) is 38.4 Å². The fourth-order valence-corrected chi connectivity index (χ4v) is 1.77. The Morgan fingerprint density at radius 1 is 1.41 bits per heavy atom.